The van der Waals surface area contributed by atoms with Gasteiger partial charge in [0.15, 0.2) is 11.8 Å². The molecule has 142 valence electrons. The predicted octanol–water partition coefficient (Wildman–Crippen LogP) is 1.51. The number of hydrogen-bond acceptors (Lipinski definition) is 4. The minimum absolute atomic E-state index is 0.0816. The van der Waals surface area contributed by atoms with E-state index in [4.69, 9.17) is 0 Å². The topological polar surface area (TPSA) is 82.7 Å². The first-order chi connectivity index (χ1) is 14.0. The quantitative estimate of drug-likeness (QED) is 0.629. The van der Waals surface area contributed by atoms with Gasteiger partial charge in [0.2, 0.25) is 11.8 Å². The smallest absolute Gasteiger partial charge is 0.245 e. The number of anilines is 1. The number of nitrogens with one attached hydrogen (secondary N) is 1. The predicted molar refractivity (Wildman–Crippen MR) is 105 cm³/mol. The lowest BCUT2D eigenvalue weighted by molar-refractivity contribution is -0.885. The third-order valence-electron chi connectivity index (χ3n) is 6.29. The molecule has 3 aliphatic heterocycles. The lowest BCUT2D eigenvalue weighted by atomic mass is 9.85. The standard InChI is InChI=1S/C23H17N3O3/c1-13(27)14-6-8-16(9-7-14)26-22(28)19-18(12-24)25-11-10-15-4-2-3-5-17(15)21(25)20(19)23(26)29/h2-11,18-21H,1H3/p+1/t18-,19+,20+,21-/m1/s1. The monoisotopic (exact) mass is 384 g/mol. The number of carbonyl (C=O) groups is 3. The Morgan fingerprint density at radius 1 is 1.03 bits per heavy atom. The Labute approximate surface area is 167 Å². The molecule has 3 aliphatic rings. The highest BCUT2D eigenvalue weighted by atomic mass is 16.2. The zero-order valence-electron chi connectivity index (χ0n) is 15.7. The summed E-state index contributed by atoms with van der Waals surface area (Å²) in [7, 11) is 0. The maximum absolute atomic E-state index is 13.4. The van der Waals surface area contributed by atoms with Crippen molar-refractivity contribution in [3.05, 3.63) is 71.4 Å². The minimum atomic E-state index is -0.684. The fraction of sp³-hybridized carbons (Fsp3) is 0.217. The molecule has 29 heavy (non-hydrogen) atoms. The van der Waals surface area contributed by atoms with Crippen LogP contribution in [0.4, 0.5) is 5.69 Å². The van der Waals surface area contributed by atoms with Gasteiger partial charge in [0.25, 0.3) is 0 Å². The van der Waals surface area contributed by atoms with Gasteiger partial charge in [0, 0.05) is 11.1 Å². The van der Waals surface area contributed by atoms with E-state index < -0.39 is 17.9 Å². The van der Waals surface area contributed by atoms with Crippen molar-refractivity contribution in [3.8, 4) is 6.07 Å². The Bertz CT molecular complexity index is 1130. The van der Waals surface area contributed by atoms with E-state index in [1.807, 2.05) is 36.5 Å². The molecule has 1 unspecified atom stereocenters. The summed E-state index contributed by atoms with van der Waals surface area (Å²) in [6, 6.07) is 15.7. The molecule has 0 spiro atoms. The Kier molecular flexibility index (Phi) is 3.76. The van der Waals surface area contributed by atoms with E-state index in [0.717, 1.165) is 16.0 Å². The number of amides is 2. The number of nitrogens with zero attached hydrogens (tertiary/aromatic N) is 2. The van der Waals surface area contributed by atoms with Crippen molar-refractivity contribution in [3.63, 3.8) is 0 Å². The third kappa shape index (κ3) is 2.35. The summed E-state index contributed by atoms with van der Waals surface area (Å²) in [5.41, 5.74) is 2.97. The number of ketones is 1. The first kappa shape index (κ1) is 17.5. The highest BCUT2D eigenvalue weighted by Gasteiger charge is 2.66. The average molecular weight is 384 g/mol. The number of nitriles is 1. The summed E-state index contributed by atoms with van der Waals surface area (Å²) < 4.78 is 0. The molecular formula is C23H18N3O3+. The number of Topliss-reactive ketones (excluding diaryl/α,β-unsaturated/α-hetero) is 1. The van der Waals surface area contributed by atoms with Crippen LogP contribution in [0.1, 0.15) is 34.5 Å². The van der Waals surface area contributed by atoms with Gasteiger partial charge in [-0.1, -0.05) is 24.3 Å². The van der Waals surface area contributed by atoms with Crippen LogP contribution in [0.15, 0.2) is 54.7 Å². The first-order valence-corrected chi connectivity index (χ1v) is 9.55. The molecule has 0 bridgehead atoms. The SMILES string of the molecule is CC(=O)c1ccc(N2C(=O)[C@@H]3[C@H](C2=O)[C@H]2c4ccccc4C=C[NH+]2[C@@H]3C#N)cc1. The van der Waals surface area contributed by atoms with Crippen molar-refractivity contribution >= 4 is 29.4 Å². The van der Waals surface area contributed by atoms with Gasteiger partial charge in [0.1, 0.15) is 23.9 Å². The van der Waals surface area contributed by atoms with Crippen molar-refractivity contribution in [1.29, 1.82) is 5.26 Å². The van der Waals surface area contributed by atoms with E-state index in [2.05, 4.69) is 6.07 Å². The highest BCUT2D eigenvalue weighted by molar-refractivity contribution is 6.22. The van der Waals surface area contributed by atoms with Gasteiger partial charge in [-0.2, -0.15) is 5.26 Å². The summed E-state index contributed by atoms with van der Waals surface area (Å²) >= 11 is 0. The molecule has 2 aromatic carbocycles. The molecule has 2 aromatic rings. The number of carbonyl (C=O) groups excluding carboxylic acids is 3. The molecule has 0 saturated carbocycles. The van der Waals surface area contributed by atoms with Gasteiger partial charge in [0.05, 0.1) is 11.9 Å². The lowest BCUT2D eigenvalue weighted by Crippen LogP contribution is -3.10. The molecule has 0 aliphatic carbocycles. The number of benzene rings is 2. The van der Waals surface area contributed by atoms with E-state index in [9.17, 15) is 19.6 Å². The van der Waals surface area contributed by atoms with Crippen molar-refractivity contribution in [2.45, 2.75) is 19.0 Å². The molecule has 6 nitrogen and oxygen atoms in total. The Morgan fingerprint density at radius 2 is 1.72 bits per heavy atom. The number of rotatable bonds is 2. The number of fused-ring (bicyclic) bond motifs is 5. The second-order valence-electron chi connectivity index (χ2n) is 7.71. The maximum atomic E-state index is 13.4. The zero-order chi connectivity index (χ0) is 20.3. The second kappa shape index (κ2) is 6.23. The van der Waals surface area contributed by atoms with E-state index >= 15 is 0 Å². The highest BCUT2D eigenvalue weighted by Crippen LogP contribution is 2.44. The van der Waals surface area contributed by atoms with Gasteiger partial charge in [-0.15, -0.1) is 0 Å². The minimum Gasteiger partial charge on any atom is -0.295 e. The van der Waals surface area contributed by atoms with E-state index in [0.29, 0.717) is 11.3 Å². The van der Waals surface area contributed by atoms with E-state index in [1.54, 1.807) is 24.3 Å². The molecular weight excluding hydrogens is 366 g/mol. The van der Waals surface area contributed by atoms with E-state index in [-0.39, 0.29) is 23.6 Å². The number of imide groups is 1. The summed E-state index contributed by atoms with van der Waals surface area (Å²) in [6.45, 7) is 1.47. The summed E-state index contributed by atoms with van der Waals surface area (Å²) in [5.74, 6) is -1.96. The number of hydrogen-bond donors (Lipinski definition) is 1. The number of quaternary nitrogens is 1. The molecule has 2 saturated heterocycles. The average Bonchev–Trinajstić information content (AvgIpc) is 3.20. The molecule has 3 heterocycles. The van der Waals surface area contributed by atoms with Crippen LogP contribution in [0.5, 0.6) is 0 Å². The van der Waals surface area contributed by atoms with Crippen molar-refractivity contribution in [1.82, 2.24) is 0 Å². The van der Waals surface area contributed by atoms with Crippen molar-refractivity contribution in [2.24, 2.45) is 11.8 Å². The van der Waals surface area contributed by atoms with Gasteiger partial charge in [-0.25, -0.2) is 4.90 Å². The Balaban J connectivity index is 1.59. The van der Waals surface area contributed by atoms with Crippen LogP contribution in [-0.2, 0) is 9.59 Å². The van der Waals surface area contributed by atoms with Gasteiger partial charge in [-0.3, -0.25) is 19.3 Å². The van der Waals surface area contributed by atoms with Crippen LogP contribution < -0.4 is 9.80 Å². The lowest BCUT2D eigenvalue weighted by Gasteiger charge is -2.28. The van der Waals surface area contributed by atoms with Crippen molar-refractivity contribution < 1.29 is 19.3 Å². The zero-order valence-corrected chi connectivity index (χ0v) is 15.7. The summed E-state index contributed by atoms with van der Waals surface area (Å²) in [4.78, 5) is 40.3. The summed E-state index contributed by atoms with van der Waals surface area (Å²) in [6.07, 6.45) is 3.87. The fourth-order valence-electron chi connectivity index (χ4n) is 4.99. The van der Waals surface area contributed by atoms with Gasteiger partial charge < -0.3 is 0 Å². The van der Waals surface area contributed by atoms with Crippen LogP contribution in [0, 0.1) is 23.2 Å². The molecule has 5 atom stereocenters. The van der Waals surface area contributed by atoms with Gasteiger partial charge >= 0.3 is 0 Å². The Morgan fingerprint density at radius 3 is 2.41 bits per heavy atom. The molecule has 6 heteroatoms. The van der Waals surface area contributed by atoms with Gasteiger partial charge in [-0.05, 0) is 42.8 Å². The molecule has 0 aromatic heterocycles. The van der Waals surface area contributed by atoms with Crippen LogP contribution >= 0.6 is 0 Å². The van der Waals surface area contributed by atoms with Crippen LogP contribution in [0.25, 0.3) is 6.08 Å². The van der Waals surface area contributed by atoms with Crippen LogP contribution in [0.2, 0.25) is 0 Å². The fourth-order valence-corrected chi connectivity index (χ4v) is 4.99. The maximum Gasteiger partial charge on any atom is 0.245 e. The molecule has 1 N–H and O–H groups in total. The molecule has 2 fully saturated rings. The van der Waals surface area contributed by atoms with E-state index in [1.165, 1.54) is 11.8 Å². The molecule has 5 rings (SSSR count). The molecule has 2 amide bonds. The third-order valence-corrected chi connectivity index (χ3v) is 6.29. The molecule has 0 radical (unpaired) electrons. The second-order valence-corrected chi connectivity index (χ2v) is 7.71. The Hall–Kier alpha value is -3.56. The largest absolute Gasteiger partial charge is 0.295 e. The normalized spacial score (nSPS) is 29.2. The first-order valence-electron chi connectivity index (χ1n) is 9.55. The summed E-state index contributed by atoms with van der Waals surface area (Å²) in [5, 5.41) is 9.83. The van der Waals surface area contributed by atoms with Crippen LogP contribution in [0.3, 0.4) is 0 Å². The van der Waals surface area contributed by atoms with Crippen molar-refractivity contribution in [2.75, 3.05) is 4.90 Å². The van der Waals surface area contributed by atoms with Crippen LogP contribution in [-0.4, -0.2) is 23.6 Å².